The zero-order valence-corrected chi connectivity index (χ0v) is 11.5. The summed E-state index contributed by atoms with van der Waals surface area (Å²) in [5, 5.41) is 0. The van der Waals surface area contributed by atoms with Crippen molar-refractivity contribution in [1.82, 2.24) is 9.55 Å². The van der Waals surface area contributed by atoms with Gasteiger partial charge < -0.3 is 4.98 Å². The van der Waals surface area contributed by atoms with Crippen LogP contribution in [0.3, 0.4) is 0 Å². The van der Waals surface area contributed by atoms with Crippen LogP contribution in [0, 0.1) is 35.0 Å². The van der Waals surface area contributed by atoms with Gasteiger partial charge >= 0.3 is 0 Å². The van der Waals surface area contributed by atoms with Gasteiger partial charge in [-0.15, -0.1) is 0 Å². The number of H-pyrrole nitrogens is 1. The predicted molar refractivity (Wildman–Crippen MR) is 73.0 cm³/mol. The number of rotatable bonds is 1. The molecule has 0 bridgehead atoms. The number of nitrogens with zero attached hydrogens (tertiary/aromatic N) is 1. The Hall–Kier alpha value is -2.15. The van der Waals surface area contributed by atoms with Crippen molar-refractivity contribution in [3.05, 3.63) is 57.9 Å². The van der Waals surface area contributed by atoms with E-state index in [2.05, 4.69) is 4.98 Å². The Labute approximate surface area is 121 Å². The number of halogens is 4. The average Bonchev–Trinajstić information content (AvgIpc) is 2.77. The molecule has 3 aromatic rings. The standard InChI is InChI=1S/C14H8F4N2S/c1-6-2-3-8(16)12(10(6)17)20-13-9(19-14(20)21)5-4-7(15)11(13)18/h2-5H,1H3,(H,19,21). The molecule has 0 aliphatic rings. The van der Waals surface area contributed by atoms with Crippen molar-refractivity contribution < 1.29 is 17.6 Å². The Morgan fingerprint density at radius 2 is 1.62 bits per heavy atom. The Morgan fingerprint density at radius 1 is 0.952 bits per heavy atom. The number of fused-ring (bicyclic) bond motifs is 1. The van der Waals surface area contributed by atoms with Crippen LogP contribution in [0.5, 0.6) is 0 Å². The molecule has 0 saturated heterocycles. The molecule has 1 heterocycles. The SMILES string of the molecule is Cc1ccc(F)c(-n2c(=S)[nH]c3ccc(F)c(F)c32)c1F. The molecule has 1 aromatic heterocycles. The number of benzene rings is 2. The highest BCUT2D eigenvalue weighted by Gasteiger charge is 2.20. The third-order valence-corrected chi connectivity index (χ3v) is 3.51. The van der Waals surface area contributed by atoms with E-state index in [0.29, 0.717) is 0 Å². The third kappa shape index (κ3) is 1.96. The van der Waals surface area contributed by atoms with Gasteiger partial charge in [-0.2, -0.15) is 0 Å². The van der Waals surface area contributed by atoms with E-state index in [1.165, 1.54) is 19.1 Å². The maximum Gasteiger partial charge on any atom is 0.184 e. The molecule has 0 aliphatic heterocycles. The number of aromatic nitrogens is 2. The maximum atomic E-state index is 14.2. The Kier molecular flexibility index (Phi) is 3.09. The summed E-state index contributed by atoms with van der Waals surface area (Å²) in [5.41, 5.74) is -0.544. The lowest BCUT2D eigenvalue weighted by atomic mass is 10.2. The van der Waals surface area contributed by atoms with Gasteiger partial charge in [0.15, 0.2) is 22.2 Å². The van der Waals surface area contributed by atoms with E-state index in [0.717, 1.165) is 16.7 Å². The quantitative estimate of drug-likeness (QED) is 0.516. The van der Waals surface area contributed by atoms with Crippen LogP contribution in [0.2, 0.25) is 0 Å². The van der Waals surface area contributed by atoms with E-state index in [4.69, 9.17) is 12.2 Å². The topological polar surface area (TPSA) is 20.7 Å². The number of nitrogens with one attached hydrogen (secondary N) is 1. The van der Waals surface area contributed by atoms with Crippen LogP contribution in [-0.2, 0) is 0 Å². The molecule has 0 atom stereocenters. The highest BCUT2D eigenvalue weighted by Crippen LogP contribution is 2.28. The van der Waals surface area contributed by atoms with E-state index in [1.54, 1.807) is 0 Å². The summed E-state index contributed by atoms with van der Waals surface area (Å²) in [4.78, 5) is 2.61. The second-order valence-electron chi connectivity index (χ2n) is 4.55. The van der Waals surface area contributed by atoms with Crippen molar-refractivity contribution in [2.45, 2.75) is 6.92 Å². The van der Waals surface area contributed by atoms with Crippen LogP contribution in [0.1, 0.15) is 5.56 Å². The van der Waals surface area contributed by atoms with Crippen LogP contribution >= 0.6 is 12.2 Å². The van der Waals surface area contributed by atoms with Crippen LogP contribution in [0.25, 0.3) is 16.7 Å². The minimum Gasteiger partial charge on any atom is -0.330 e. The van der Waals surface area contributed by atoms with Gasteiger partial charge in [0.2, 0.25) is 0 Å². The fraction of sp³-hybridized carbons (Fsp3) is 0.0714. The molecule has 0 unspecified atom stereocenters. The molecular weight excluding hydrogens is 304 g/mol. The molecule has 2 aromatic carbocycles. The van der Waals surface area contributed by atoms with Gasteiger partial charge in [0, 0.05) is 0 Å². The summed E-state index contributed by atoms with van der Waals surface area (Å²) in [6.45, 7) is 1.44. The van der Waals surface area contributed by atoms with Crippen molar-refractivity contribution >= 4 is 23.3 Å². The van der Waals surface area contributed by atoms with Crippen LogP contribution in [0.4, 0.5) is 17.6 Å². The van der Waals surface area contributed by atoms with Crippen molar-refractivity contribution in [1.29, 1.82) is 0 Å². The Bertz CT molecular complexity index is 927. The van der Waals surface area contributed by atoms with E-state index < -0.39 is 29.0 Å². The molecule has 0 aliphatic carbocycles. The largest absolute Gasteiger partial charge is 0.330 e. The summed E-state index contributed by atoms with van der Waals surface area (Å²) in [6, 6.07) is 4.47. The maximum absolute atomic E-state index is 14.2. The van der Waals surface area contributed by atoms with Gasteiger partial charge in [0.05, 0.1) is 5.52 Å². The number of aryl methyl sites for hydroxylation is 1. The van der Waals surface area contributed by atoms with Gasteiger partial charge in [-0.3, -0.25) is 4.57 Å². The molecule has 3 rings (SSSR count). The first-order valence-electron chi connectivity index (χ1n) is 5.95. The molecule has 108 valence electrons. The van der Waals surface area contributed by atoms with Gasteiger partial charge in [-0.05, 0) is 42.9 Å². The molecule has 2 nitrogen and oxygen atoms in total. The summed E-state index contributed by atoms with van der Waals surface area (Å²) >= 11 is 4.99. The van der Waals surface area contributed by atoms with Gasteiger partial charge in [-0.1, -0.05) is 6.07 Å². The van der Waals surface area contributed by atoms with Crippen LogP contribution in [0.15, 0.2) is 24.3 Å². The lowest BCUT2D eigenvalue weighted by Gasteiger charge is -2.10. The highest BCUT2D eigenvalue weighted by atomic mass is 32.1. The number of hydrogen-bond acceptors (Lipinski definition) is 1. The van der Waals surface area contributed by atoms with Crippen molar-refractivity contribution in [2.24, 2.45) is 0 Å². The van der Waals surface area contributed by atoms with Crippen molar-refractivity contribution in [3.63, 3.8) is 0 Å². The summed E-state index contributed by atoms with van der Waals surface area (Å²) in [7, 11) is 0. The van der Waals surface area contributed by atoms with Gasteiger partial charge in [-0.25, -0.2) is 17.6 Å². The monoisotopic (exact) mass is 312 g/mol. The second kappa shape index (κ2) is 4.70. The lowest BCUT2D eigenvalue weighted by molar-refractivity contribution is 0.512. The van der Waals surface area contributed by atoms with Crippen LogP contribution < -0.4 is 0 Å². The third-order valence-electron chi connectivity index (χ3n) is 3.22. The fourth-order valence-corrected chi connectivity index (χ4v) is 2.48. The fourth-order valence-electron chi connectivity index (χ4n) is 2.19. The molecule has 0 amide bonds. The summed E-state index contributed by atoms with van der Waals surface area (Å²) in [6.07, 6.45) is 0. The zero-order chi connectivity index (χ0) is 15.3. The predicted octanol–water partition coefficient (Wildman–Crippen LogP) is 4.55. The Balaban J connectivity index is 2.53. The van der Waals surface area contributed by atoms with E-state index in [1.807, 2.05) is 0 Å². The zero-order valence-electron chi connectivity index (χ0n) is 10.7. The molecule has 0 spiro atoms. The minimum atomic E-state index is -1.22. The molecular formula is C14H8F4N2S. The molecule has 0 fully saturated rings. The highest BCUT2D eigenvalue weighted by molar-refractivity contribution is 7.71. The molecule has 0 radical (unpaired) electrons. The molecule has 0 saturated carbocycles. The normalized spacial score (nSPS) is 11.3. The van der Waals surface area contributed by atoms with Crippen LogP contribution in [-0.4, -0.2) is 9.55 Å². The van der Waals surface area contributed by atoms with Gasteiger partial charge in [0.25, 0.3) is 0 Å². The van der Waals surface area contributed by atoms with E-state index in [9.17, 15) is 17.6 Å². The molecule has 21 heavy (non-hydrogen) atoms. The molecule has 1 N–H and O–H groups in total. The van der Waals surface area contributed by atoms with E-state index in [-0.39, 0.29) is 21.4 Å². The first-order chi connectivity index (χ1) is 9.91. The van der Waals surface area contributed by atoms with E-state index >= 15 is 0 Å². The number of aromatic amines is 1. The first-order valence-corrected chi connectivity index (χ1v) is 6.36. The smallest absolute Gasteiger partial charge is 0.184 e. The lowest BCUT2D eigenvalue weighted by Crippen LogP contribution is -2.05. The number of hydrogen-bond donors (Lipinski definition) is 1. The summed E-state index contributed by atoms with van der Waals surface area (Å²) in [5.74, 6) is -4.15. The number of imidazole rings is 1. The minimum absolute atomic E-state index is 0.127. The second-order valence-corrected chi connectivity index (χ2v) is 4.94. The first kappa shape index (κ1) is 13.8. The molecule has 7 heteroatoms. The summed E-state index contributed by atoms with van der Waals surface area (Å²) < 4.78 is 56.4. The average molecular weight is 312 g/mol. The van der Waals surface area contributed by atoms with Gasteiger partial charge in [0.1, 0.15) is 17.0 Å². The van der Waals surface area contributed by atoms with Crippen molar-refractivity contribution in [2.75, 3.05) is 0 Å². The van der Waals surface area contributed by atoms with Crippen molar-refractivity contribution in [3.8, 4) is 5.69 Å². The Morgan fingerprint density at radius 3 is 2.33 bits per heavy atom.